The second-order valence-corrected chi connectivity index (χ2v) is 3.92. The van der Waals surface area contributed by atoms with Crippen LogP contribution in [-0.4, -0.2) is 13.2 Å². The summed E-state index contributed by atoms with van der Waals surface area (Å²) in [5, 5.41) is 3.47. The van der Waals surface area contributed by atoms with Crippen LogP contribution in [-0.2, 0) is 0 Å². The third-order valence-electron chi connectivity index (χ3n) is 2.47. The second kappa shape index (κ2) is 6.33. The van der Waals surface area contributed by atoms with Gasteiger partial charge in [-0.1, -0.05) is 25.8 Å². The molecule has 15 heavy (non-hydrogen) atoms. The molecule has 0 heterocycles. The Bertz CT molecular complexity index is 286. The summed E-state index contributed by atoms with van der Waals surface area (Å²) >= 11 is 0. The smallest absolute Gasteiger partial charge is 0.120 e. The quantitative estimate of drug-likeness (QED) is 0.768. The summed E-state index contributed by atoms with van der Waals surface area (Å²) in [5.41, 5.74) is 1.14. The number of rotatable bonds is 6. The SMILES string of the molecule is CCCCC(C)Nc1cccc(OC)c1. The van der Waals surface area contributed by atoms with E-state index in [2.05, 4.69) is 25.2 Å². The highest BCUT2D eigenvalue weighted by molar-refractivity contribution is 5.48. The van der Waals surface area contributed by atoms with Gasteiger partial charge in [0.05, 0.1) is 7.11 Å². The standard InChI is InChI=1S/C13H21NO/c1-4-5-7-11(2)14-12-8-6-9-13(10-12)15-3/h6,8-11,14H,4-5,7H2,1-3H3. The van der Waals surface area contributed by atoms with Gasteiger partial charge in [-0.15, -0.1) is 0 Å². The van der Waals surface area contributed by atoms with E-state index in [-0.39, 0.29) is 0 Å². The van der Waals surface area contributed by atoms with Crippen molar-refractivity contribution in [3.63, 3.8) is 0 Å². The molecule has 1 N–H and O–H groups in total. The van der Waals surface area contributed by atoms with Crippen molar-refractivity contribution >= 4 is 5.69 Å². The molecule has 0 aliphatic rings. The van der Waals surface area contributed by atoms with Crippen molar-refractivity contribution < 1.29 is 4.74 Å². The number of ether oxygens (including phenoxy) is 1. The highest BCUT2D eigenvalue weighted by Crippen LogP contribution is 2.18. The van der Waals surface area contributed by atoms with Crippen molar-refractivity contribution in [2.75, 3.05) is 12.4 Å². The van der Waals surface area contributed by atoms with E-state index in [1.807, 2.05) is 18.2 Å². The minimum absolute atomic E-state index is 0.525. The maximum atomic E-state index is 5.18. The largest absolute Gasteiger partial charge is 0.497 e. The lowest BCUT2D eigenvalue weighted by Gasteiger charge is -2.15. The second-order valence-electron chi connectivity index (χ2n) is 3.92. The molecule has 1 atom stereocenters. The lowest BCUT2D eigenvalue weighted by molar-refractivity contribution is 0.415. The van der Waals surface area contributed by atoms with Crippen molar-refractivity contribution in [3.05, 3.63) is 24.3 Å². The van der Waals surface area contributed by atoms with Crippen LogP contribution in [0.3, 0.4) is 0 Å². The first-order chi connectivity index (χ1) is 7.26. The van der Waals surface area contributed by atoms with Crippen LogP contribution in [0.2, 0.25) is 0 Å². The summed E-state index contributed by atoms with van der Waals surface area (Å²) in [6, 6.07) is 8.60. The number of benzene rings is 1. The van der Waals surface area contributed by atoms with Crippen molar-refractivity contribution in [1.29, 1.82) is 0 Å². The number of hydrogen-bond acceptors (Lipinski definition) is 2. The molecule has 1 rings (SSSR count). The van der Waals surface area contributed by atoms with Crippen LogP contribution >= 0.6 is 0 Å². The molecule has 84 valence electrons. The fraction of sp³-hybridized carbons (Fsp3) is 0.538. The zero-order valence-electron chi connectivity index (χ0n) is 9.92. The Morgan fingerprint density at radius 3 is 2.87 bits per heavy atom. The molecule has 1 aromatic rings. The van der Waals surface area contributed by atoms with E-state index in [1.165, 1.54) is 19.3 Å². The topological polar surface area (TPSA) is 21.3 Å². The predicted octanol–water partition coefficient (Wildman–Crippen LogP) is 3.69. The summed E-state index contributed by atoms with van der Waals surface area (Å²) in [4.78, 5) is 0. The van der Waals surface area contributed by atoms with Gasteiger partial charge in [0.2, 0.25) is 0 Å². The average molecular weight is 207 g/mol. The molecule has 0 saturated carbocycles. The van der Waals surface area contributed by atoms with E-state index in [0.29, 0.717) is 6.04 Å². The molecule has 2 nitrogen and oxygen atoms in total. The van der Waals surface area contributed by atoms with Crippen LogP contribution < -0.4 is 10.1 Å². The first-order valence-corrected chi connectivity index (χ1v) is 5.67. The number of nitrogens with one attached hydrogen (secondary N) is 1. The van der Waals surface area contributed by atoms with E-state index in [1.54, 1.807) is 7.11 Å². The van der Waals surface area contributed by atoms with Crippen LogP contribution in [0.25, 0.3) is 0 Å². The Labute approximate surface area is 92.6 Å². The van der Waals surface area contributed by atoms with Crippen LogP contribution in [0, 0.1) is 0 Å². The first kappa shape index (κ1) is 11.9. The molecule has 0 aliphatic heterocycles. The monoisotopic (exact) mass is 207 g/mol. The molecule has 1 unspecified atom stereocenters. The Hall–Kier alpha value is -1.18. The van der Waals surface area contributed by atoms with Gasteiger partial charge in [-0.05, 0) is 25.5 Å². The zero-order chi connectivity index (χ0) is 11.1. The third-order valence-corrected chi connectivity index (χ3v) is 2.47. The summed E-state index contributed by atoms with van der Waals surface area (Å²) < 4.78 is 5.18. The molecule has 1 aromatic carbocycles. The van der Waals surface area contributed by atoms with Crippen molar-refractivity contribution in [3.8, 4) is 5.75 Å². The van der Waals surface area contributed by atoms with Gasteiger partial charge in [0.25, 0.3) is 0 Å². The molecule has 0 fully saturated rings. The van der Waals surface area contributed by atoms with Crippen LogP contribution in [0.15, 0.2) is 24.3 Å². The normalized spacial score (nSPS) is 12.2. The maximum Gasteiger partial charge on any atom is 0.120 e. The fourth-order valence-electron chi connectivity index (χ4n) is 1.58. The maximum absolute atomic E-state index is 5.18. The Kier molecular flexibility index (Phi) is 5.02. The summed E-state index contributed by atoms with van der Waals surface area (Å²) in [6.45, 7) is 4.44. The molecule has 0 radical (unpaired) electrons. The van der Waals surface area contributed by atoms with E-state index >= 15 is 0 Å². The molecule has 0 aromatic heterocycles. The van der Waals surface area contributed by atoms with Gasteiger partial charge in [0.1, 0.15) is 5.75 Å². The highest BCUT2D eigenvalue weighted by Gasteiger charge is 2.01. The van der Waals surface area contributed by atoms with Gasteiger partial charge in [-0.3, -0.25) is 0 Å². The Morgan fingerprint density at radius 2 is 2.20 bits per heavy atom. The van der Waals surface area contributed by atoms with Gasteiger partial charge >= 0.3 is 0 Å². The third kappa shape index (κ3) is 4.24. The lowest BCUT2D eigenvalue weighted by atomic mass is 10.1. The molecule has 0 saturated heterocycles. The Morgan fingerprint density at radius 1 is 1.40 bits per heavy atom. The highest BCUT2D eigenvalue weighted by atomic mass is 16.5. The number of unbranched alkanes of at least 4 members (excludes halogenated alkanes) is 1. The fourth-order valence-corrected chi connectivity index (χ4v) is 1.58. The molecule has 2 heteroatoms. The van der Waals surface area contributed by atoms with Gasteiger partial charge in [0.15, 0.2) is 0 Å². The molecule has 0 aliphatic carbocycles. The van der Waals surface area contributed by atoms with Gasteiger partial charge in [-0.2, -0.15) is 0 Å². The minimum atomic E-state index is 0.525. The number of methoxy groups -OCH3 is 1. The minimum Gasteiger partial charge on any atom is -0.497 e. The van der Waals surface area contributed by atoms with Crippen LogP contribution in [0.5, 0.6) is 5.75 Å². The number of hydrogen-bond donors (Lipinski definition) is 1. The lowest BCUT2D eigenvalue weighted by Crippen LogP contribution is -2.14. The van der Waals surface area contributed by atoms with Crippen molar-refractivity contribution in [1.82, 2.24) is 0 Å². The summed E-state index contributed by atoms with van der Waals surface area (Å²) in [7, 11) is 1.69. The molecular weight excluding hydrogens is 186 g/mol. The van der Waals surface area contributed by atoms with E-state index in [4.69, 9.17) is 4.74 Å². The number of anilines is 1. The van der Waals surface area contributed by atoms with Gasteiger partial charge < -0.3 is 10.1 Å². The summed E-state index contributed by atoms with van der Waals surface area (Å²) in [6.07, 6.45) is 3.75. The predicted molar refractivity (Wildman–Crippen MR) is 65.6 cm³/mol. The molecular formula is C13H21NO. The first-order valence-electron chi connectivity index (χ1n) is 5.67. The van der Waals surface area contributed by atoms with Gasteiger partial charge in [-0.25, -0.2) is 0 Å². The zero-order valence-corrected chi connectivity index (χ0v) is 9.92. The van der Waals surface area contributed by atoms with Crippen LogP contribution in [0.4, 0.5) is 5.69 Å². The molecule has 0 spiro atoms. The molecule has 0 amide bonds. The average Bonchev–Trinajstić information content (AvgIpc) is 2.26. The van der Waals surface area contributed by atoms with E-state index < -0.39 is 0 Å². The van der Waals surface area contributed by atoms with Crippen LogP contribution in [0.1, 0.15) is 33.1 Å². The van der Waals surface area contributed by atoms with Gasteiger partial charge in [0, 0.05) is 17.8 Å². The van der Waals surface area contributed by atoms with Crippen molar-refractivity contribution in [2.45, 2.75) is 39.2 Å². The van der Waals surface area contributed by atoms with E-state index in [0.717, 1.165) is 11.4 Å². The summed E-state index contributed by atoms with van der Waals surface area (Å²) in [5.74, 6) is 0.905. The van der Waals surface area contributed by atoms with Crippen molar-refractivity contribution in [2.24, 2.45) is 0 Å². The van der Waals surface area contributed by atoms with E-state index in [9.17, 15) is 0 Å². The Balaban J connectivity index is 2.48. The molecule has 0 bridgehead atoms.